The lowest BCUT2D eigenvalue weighted by Gasteiger charge is -2.18. The van der Waals surface area contributed by atoms with E-state index in [1.165, 1.54) is 6.07 Å². The van der Waals surface area contributed by atoms with E-state index < -0.39 is 17.4 Å². The van der Waals surface area contributed by atoms with E-state index in [2.05, 4.69) is 10.4 Å². The Hall–Kier alpha value is -2.47. The minimum Gasteiger partial charge on any atom is -0.394 e. The molecule has 1 atom stereocenters. The second-order valence-electron chi connectivity index (χ2n) is 6.23. The lowest BCUT2D eigenvalue weighted by molar-refractivity contribution is 0.0900. The number of benzene rings is 1. The van der Waals surface area contributed by atoms with E-state index in [-0.39, 0.29) is 12.3 Å². The topological polar surface area (TPSA) is 84.2 Å². The van der Waals surface area contributed by atoms with Crippen LogP contribution in [-0.2, 0) is 0 Å². The highest BCUT2D eigenvalue weighted by Gasteiger charge is 2.19. The first-order valence-electron chi connectivity index (χ1n) is 8.00. The van der Waals surface area contributed by atoms with Crippen LogP contribution in [0.3, 0.4) is 0 Å². The molecular weight excluding hydrogens is 306 g/mol. The molecule has 0 aliphatic carbocycles. The number of aryl methyl sites for hydroxylation is 1. The Labute approximate surface area is 141 Å². The number of carbonyl (C=O) groups is 1. The van der Waals surface area contributed by atoms with Crippen molar-refractivity contribution in [2.24, 2.45) is 5.92 Å². The van der Waals surface area contributed by atoms with Crippen LogP contribution in [0, 0.1) is 12.8 Å². The van der Waals surface area contributed by atoms with Crippen molar-refractivity contribution >= 4 is 5.91 Å². The Kier molecular flexibility index (Phi) is 5.87. The van der Waals surface area contributed by atoms with Gasteiger partial charge in [-0.1, -0.05) is 32.0 Å². The van der Waals surface area contributed by atoms with Gasteiger partial charge in [0.2, 0.25) is 5.43 Å². The van der Waals surface area contributed by atoms with Gasteiger partial charge in [0, 0.05) is 11.8 Å². The van der Waals surface area contributed by atoms with Gasteiger partial charge in [0.25, 0.3) is 5.91 Å². The van der Waals surface area contributed by atoms with Crippen LogP contribution in [0.1, 0.15) is 36.5 Å². The molecule has 128 valence electrons. The van der Waals surface area contributed by atoms with Gasteiger partial charge in [0.1, 0.15) is 0 Å². The summed E-state index contributed by atoms with van der Waals surface area (Å²) < 4.78 is 1.56. The zero-order valence-corrected chi connectivity index (χ0v) is 14.2. The molecule has 2 rings (SSSR count). The summed E-state index contributed by atoms with van der Waals surface area (Å²) in [4.78, 5) is 24.6. The third-order valence-electron chi connectivity index (χ3n) is 3.63. The highest BCUT2D eigenvalue weighted by atomic mass is 16.3. The second kappa shape index (κ2) is 7.88. The van der Waals surface area contributed by atoms with Gasteiger partial charge in [-0.25, -0.2) is 4.68 Å². The van der Waals surface area contributed by atoms with Gasteiger partial charge < -0.3 is 10.4 Å². The molecular formula is C18H23N3O3. The fourth-order valence-electron chi connectivity index (χ4n) is 2.54. The Morgan fingerprint density at radius 1 is 1.29 bits per heavy atom. The molecule has 24 heavy (non-hydrogen) atoms. The minimum atomic E-state index is -0.565. The molecule has 1 heterocycles. The van der Waals surface area contributed by atoms with E-state index in [0.717, 1.165) is 5.69 Å². The Morgan fingerprint density at radius 3 is 2.54 bits per heavy atom. The van der Waals surface area contributed by atoms with Crippen molar-refractivity contribution in [2.75, 3.05) is 6.61 Å². The molecule has 2 aromatic rings. The molecule has 1 unspecified atom stereocenters. The normalized spacial score (nSPS) is 12.2. The summed E-state index contributed by atoms with van der Waals surface area (Å²) in [6.07, 6.45) is 0.626. The van der Waals surface area contributed by atoms with Gasteiger partial charge >= 0.3 is 0 Å². The lowest BCUT2D eigenvalue weighted by atomic mass is 10.0. The smallest absolute Gasteiger partial charge is 0.276 e. The van der Waals surface area contributed by atoms with Crippen LogP contribution < -0.4 is 10.7 Å². The number of carbonyl (C=O) groups excluding carboxylic acids is 1. The third-order valence-corrected chi connectivity index (χ3v) is 3.63. The van der Waals surface area contributed by atoms with Crippen molar-refractivity contribution in [1.29, 1.82) is 0 Å². The number of rotatable bonds is 6. The lowest BCUT2D eigenvalue weighted by Crippen LogP contribution is -2.41. The first kappa shape index (κ1) is 17.9. The van der Waals surface area contributed by atoms with Crippen LogP contribution in [0.25, 0.3) is 5.69 Å². The van der Waals surface area contributed by atoms with Gasteiger partial charge in [0.15, 0.2) is 5.69 Å². The van der Waals surface area contributed by atoms with Crippen LogP contribution >= 0.6 is 0 Å². The molecule has 0 radical (unpaired) electrons. The van der Waals surface area contributed by atoms with Gasteiger partial charge in [0.05, 0.1) is 18.3 Å². The largest absolute Gasteiger partial charge is 0.394 e. The molecule has 1 aromatic carbocycles. The Bertz CT molecular complexity index is 754. The van der Waals surface area contributed by atoms with Crippen molar-refractivity contribution < 1.29 is 9.90 Å². The zero-order chi connectivity index (χ0) is 17.7. The van der Waals surface area contributed by atoms with Crippen LogP contribution in [0.2, 0.25) is 0 Å². The standard InChI is InChI=1S/C18H23N3O3/c1-12(2)9-14(11-22)19-18(24)17-16(23)10-13(3)21(20-17)15-7-5-4-6-8-15/h4-8,10,12,14,22H,9,11H2,1-3H3,(H,19,24). The van der Waals surface area contributed by atoms with E-state index in [0.29, 0.717) is 18.0 Å². The number of para-hydroxylation sites is 1. The number of aliphatic hydroxyl groups excluding tert-OH is 1. The van der Waals surface area contributed by atoms with E-state index in [1.807, 2.05) is 44.2 Å². The molecule has 6 nitrogen and oxygen atoms in total. The molecule has 1 amide bonds. The van der Waals surface area contributed by atoms with E-state index in [4.69, 9.17) is 0 Å². The minimum absolute atomic E-state index is 0.174. The fourth-order valence-corrected chi connectivity index (χ4v) is 2.54. The van der Waals surface area contributed by atoms with E-state index in [9.17, 15) is 14.7 Å². The van der Waals surface area contributed by atoms with Crippen molar-refractivity contribution in [1.82, 2.24) is 15.1 Å². The summed E-state index contributed by atoms with van der Waals surface area (Å²) in [5.41, 5.74) is 0.804. The first-order valence-corrected chi connectivity index (χ1v) is 8.00. The van der Waals surface area contributed by atoms with Crippen LogP contribution in [0.4, 0.5) is 0 Å². The van der Waals surface area contributed by atoms with Crippen LogP contribution in [0.15, 0.2) is 41.2 Å². The van der Waals surface area contributed by atoms with Gasteiger partial charge in [-0.05, 0) is 31.4 Å². The number of hydrogen-bond acceptors (Lipinski definition) is 4. The quantitative estimate of drug-likeness (QED) is 0.844. The summed E-state index contributed by atoms with van der Waals surface area (Å²) in [5, 5.41) is 16.3. The number of aliphatic hydroxyl groups is 1. The maximum absolute atomic E-state index is 12.4. The molecule has 0 saturated heterocycles. The molecule has 0 aliphatic rings. The summed E-state index contributed by atoms with van der Waals surface area (Å²) >= 11 is 0. The molecule has 6 heteroatoms. The average Bonchev–Trinajstić information content (AvgIpc) is 2.54. The van der Waals surface area contributed by atoms with Crippen LogP contribution in [-0.4, -0.2) is 33.4 Å². The van der Waals surface area contributed by atoms with Gasteiger partial charge in [-0.3, -0.25) is 9.59 Å². The van der Waals surface area contributed by atoms with Crippen LogP contribution in [0.5, 0.6) is 0 Å². The molecule has 1 aromatic heterocycles. The van der Waals surface area contributed by atoms with Crippen molar-refractivity contribution in [2.45, 2.75) is 33.2 Å². The second-order valence-corrected chi connectivity index (χ2v) is 6.23. The van der Waals surface area contributed by atoms with E-state index in [1.54, 1.807) is 11.6 Å². The maximum atomic E-state index is 12.4. The summed E-state index contributed by atoms with van der Waals surface area (Å²) in [7, 11) is 0. The zero-order valence-electron chi connectivity index (χ0n) is 14.2. The SMILES string of the molecule is Cc1cc(=O)c(C(=O)NC(CO)CC(C)C)nn1-c1ccccc1. The Morgan fingerprint density at radius 2 is 1.96 bits per heavy atom. The first-order chi connectivity index (χ1) is 11.4. The average molecular weight is 329 g/mol. The molecule has 0 saturated carbocycles. The number of nitrogens with one attached hydrogen (secondary N) is 1. The number of aromatic nitrogens is 2. The Balaban J connectivity index is 2.33. The maximum Gasteiger partial charge on any atom is 0.276 e. The van der Waals surface area contributed by atoms with Gasteiger partial charge in [-0.2, -0.15) is 5.10 Å². The van der Waals surface area contributed by atoms with Gasteiger partial charge in [-0.15, -0.1) is 0 Å². The van der Waals surface area contributed by atoms with Crippen molar-refractivity contribution in [3.8, 4) is 5.69 Å². The highest BCUT2D eigenvalue weighted by Crippen LogP contribution is 2.08. The fraction of sp³-hybridized carbons (Fsp3) is 0.389. The number of hydrogen-bond donors (Lipinski definition) is 2. The molecule has 0 aliphatic heterocycles. The predicted octanol–water partition coefficient (Wildman–Crippen LogP) is 1.68. The monoisotopic (exact) mass is 329 g/mol. The van der Waals surface area contributed by atoms with Crippen molar-refractivity contribution in [3.63, 3.8) is 0 Å². The molecule has 0 bridgehead atoms. The molecule has 0 spiro atoms. The van der Waals surface area contributed by atoms with Crippen molar-refractivity contribution in [3.05, 3.63) is 58.0 Å². The summed E-state index contributed by atoms with van der Waals surface area (Å²) in [5.74, 6) is -0.251. The summed E-state index contributed by atoms with van der Waals surface area (Å²) in [6, 6.07) is 10.3. The predicted molar refractivity (Wildman–Crippen MR) is 92.4 cm³/mol. The third kappa shape index (κ3) is 4.29. The molecule has 0 fully saturated rings. The summed E-state index contributed by atoms with van der Waals surface area (Å²) in [6.45, 7) is 5.59. The number of nitrogens with zero attached hydrogens (tertiary/aromatic N) is 2. The highest BCUT2D eigenvalue weighted by molar-refractivity contribution is 5.92. The molecule has 2 N–H and O–H groups in total. The number of amides is 1. The van der Waals surface area contributed by atoms with E-state index >= 15 is 0 Å².